The highest BCUT2D eigenvalue weighted by Crippen LogP contribution is 2.24. The molecule has 1 aliphatic rings. The van der Waals surface area contributed by atoms with Crippen molar-refractivity contribution in [2.45, 2.75) is 26.3 Å². The number of nitrogen functional groups attached to an aromatic ring is 1. The maximum atomic E-state index is 11.9. The molecule has 1 saturated heterocycles. The van der Waals surface area contributed by atoms with Gasteiger partial charge >= 0.3 is 6.01 Å². The number of carbonyl (C=O) groups is 2. The second-order valence-corrected chi connectivity index (χ2v) is 4.73. The summed E-state index contributed by atoms with van der Waals surface area (Å²) >= 11 is 0. The number of hydrogen-bond donors (Lipinski definition) is 2. The lowest BCUT2D eigenvalue weighted by molar-refractivity contribution is -0.135. The fourth-order valence-electron chi connectivity index (χ4n) is 1.78. The summed E-state index contributed by atoms with van der Waals surface area (Å²) in [6.07, 6.45) is 0. The summed E-state index contributed by atoms with van der Waals surface area (Å²) in [5, 5.41) is 2.27. The van der Waals surface area contributed by atoms with Crippen molar-refractivity contribution in [3.8, 4) is 6.01 Å². The highest BCUT2D eigenvalue weighted by molar-refractivity contribution is 6.06. The molecular formula is C11H16N6O3. The molecule has 0 bridgehead atoms. The monoisotopic (exact) mass is 280 g/mol. The van der Waals surface area contributed by atoms with E-state index < -0.39 is 17.4 Å². The predicted molar refractivity (Wildman–Crippen MR) is 70.0 cm³/mol. The maximum Gasteiger partial charge on any atom is 0.323 e. The van der Waals surface area contributed by atoms with Gasteiger partial charge in [-0.15, -0.1) is 0 Å². The fraction of sp³-hybridized carbons (Fsp3) is 0.545. The predicted octanol–water partition coefficient (Wildman–Crippen LogP) is -0.906. The largest absolute Gasteiger partial charge is 0.464 e. The third-order valence-electron chi connectivity index (χ3n) is 2.92. The summed E-state index contributed by atoms with van der Waals surface area (Å²) in [5.74, 6) is -0.751. The summed E-state index contributed by atoms with van der Waals surface area (Å²) in [6, 6.07) is 0.0595. The minimum Gasteiger partial charge on any atom is -0.464 e. The van der Waals surface area contributed by atoms with Crippen molar-refractivity contribution in [2.75, 3.05) is 23.8 Å². The summed E-state index contributed by atoms with van der Waals surface area (Å²) in [6.45, 7) is 5.42. The van der Waals surface area contributed by atoms with Crippen LogP contribution in [0.1, 0.15) is 20.8 Å². The first-order valence-corrected chi connectivity index (χ1v) is 6.11. The van der Waals surface area contributed by atoms with E-state index in [1.807, 2.05) is 0 Å². The molecule has 0 spiro atoms. The Morgan fingerprint density at radius 3 is 2.70 bits per heavy atom. The first-order valence-electron chi connectivity index (χ1n) is 6.11. The molecule has 2 amide bonds. The minimum atomic E-state index is -0.981. The molecule has 1 aromatic rings. The van der Waals surface area contributed by atoms with Gasteiger partial charge in [-0.25, -0.2) is 0 Å². The summed E-state index contributed by atoms with van der Waals surface area (Å²) in [7, 11) is 0. The van der Waals surface area contributed by atoms with Gasteiger partial charge in [0.05, 0.1) is 6.61 Å². The van der Waals surface area contributed by atoms with Gasteiger partial charge in [-0.05, 0) is 20.8 Å². The zero-order valence-corrected chi connectivity index (χ0v) is 11.5. The van der Waals surface area contributed by atoms with E-state index in [4.69, 9.17) is 10.5 Å². The van der Waals surface area contributed by atoms with E-state index in [-0.39, 0.29) is 24.5 Å². The molecule has 0 aliphatic carbocycles. The molecule has 0 unspecified atom stereocenters. The van der Waals surface area contributed by atoms with Crippen molar-refractivity contribution >= 4 is 23.7 Å². The molecule has 20 heavy (non-hydrogen) atoms. The molecule has 1 aromatic heterocycles. The zero-order valence-electron chi connectivity index (χ0n) is 11.5. The van der Waals surface area contributed by atoms with E-state index in [1.54, 1.807) is 20.8 Å². The Hall–Kier alpha value is -2.45. The number of rotatable bonds is 3. The van der Waals surface area contributed by atoms with E-state index in [2.05, 4.69) is 20.3 Å². The van der Waals surface area contributed by atoms with E-state index in [1.165, 1.54) is 4.90 Å². The van der Waals surface area contributed by atoms with Gasteiger partial charge < -0.3 is 15.4 Å². The Balaban J connectivity index is 2.42. The number of aromatic nitrogens is 3. The van der Waals surface area contributed by atoms with Crippen molar-refractivity contribution in [2.24, 2.45) is 0 Å². The standard InChI is InChI=1S/C11H16N6O3/c1-4-20-10-15-8(12)14-9(16-10)17-5-6(18)13-7(19)11(17,2)3/h4-5H2,1-3H3,(H,13,18,19)(H2,12,14,15,16). The van der Waals surface area contributed by atoms with Gasteiger partial charge in [-0.2, -0.15) is 15.0 Å². The molecule has 3 N–H and O–H groups in total. The SMILES string of the molecule is CCOc1nc(N)nc(N2CC(=O)NC(=O)C2(C)C)n1. The zero-order chi connectivity index (χ0) is 14.9. The highest BCUT2D eigenvalue weighted by atomic mass is 16.5. The lowest BCUT2D eigenvalue weighted by atomic mass is 9.99. The number of carbonyl (C=O) groups excluding carboxylic acids is 2. The van der Waals surface area contributed by atoms with Crippen LogP contribution in [0.3, 0.4) is 0 Å². The third-order valence-corrected chi connectivity index (χ3v) is 2.92. The quantitative estimate of drug-likeness (QED) is 0.682. The van der Waals surface area contributed by atoms with Crippen LogP contribution in [0.5, 0.6) is 6.01 Å². The van der Waals surface area contributed by atoms with Crippen LogP contribution in [0, 0.1) is 0 Å². The molecule has 108 valence electrons. The Kier molecular flexibility index (Phi) is 3.43. The van der Waals surface area contributed by atoms with Crippen molar-refractivity contribution in [3.05, 3.63) is 0 Å². The number of nitrogens with one attached hydrogen (secondary N) is 1. The Morgan fingerprint density at radius 1 is 1.35 bits per heavy atom. The number of amides is 2. The van der Waals surface area contributed by atoms with Crippen molar-refractivity contribution in [1.82, 2.24) is 20.3 Å². The lowest BCUT2D eigenvalue weighted by Gasteiger charge is -2.39. The van der Waals surface area contributed by atoms with Crippen LogP contribution >= 0.6 is 0 Å². The molecule has 1 fully saturated rings. The first-order chi connectivity index (χ1) is 9.34. The number of hydrogen-bond acceptors (Lipinski definition) is 8. The normalized spacial score (nSPS) is 17.9. The number of piperazine rings is 1. The number of nitrogens with zero attached hydrogens (tertiary/aromatic N) is 4. The maximum absolute atomic E-state index is 11.9. The van der Waals surface area contributed by atoms with Gasteiger partial charge in [0.1, 0.15) is 12.1 Å². The molecule has 2 heterocycles. The molecule has 0 saturated carbocycles. The first kappa shape index (κ1) is 14.0. The van der Waals surface area contributed by atoms with Crippen LogP contribution < -0.4 is 20.7 Å². The molecule has 1 aliphatic heterocycles. The van der Waals surface area contributed by atoms with Gasteiger partial charge in [-0.1, -0.05) is 0 Å². The van der Waals surface area contributed by atoms with Gasteiger partial charge in [0.2, 0.25) is 17.8 Å². The van der Waals surface area contributed by atoms with E-state index in [0.29, 0.717) is 6.61 Å². The van der Waals surface area contributed by atoms with Crippen molar-refractivity contribution < 1.29 is 14.3 Å². The highest BCUT2D eigenvalue weighted by Gasteiger charge is 2.42. The third kappa shape index (κ3) is 2.46. The number of anilines is 2. The molecule has 9 heteroatoms. The second kappa shape index (κ2) is 4.91. The van der Waals surface area contributed by atoms with Gasteiger partial charge in [-0.3, -0.25) is 14.9 Å². The number of nitrogens with two attached hydrogens (primary N) is 1. The Morgan fingerprint density at radius 2 is 2.05 bits per heavy atom. The average Bonchev–Trinajstić information content (AvgIpc) is 2.33. The molecule has 0 radical (unpaired) electrons. The molecule has 9 nitrogen and oxygen atoms in total. The van der Waals surface area contributed by atoms with Gasteiger partial charge in [0.15, 0.2) is 0 Å². The topological polar surface area (TPSA) is 123 Å². The molecular weight excluding hydrogens is 264 g/mol. The van der Waals surface area contributed by atoms with E-state index >= 15 is 0 Å². The van der Waals surface area contributed by atoms with Crippen LogP contribution in [0.15, 0.2) is 0 Å². The van der Waals surface area contributed by atoms with Crippen molar-refractivity contribution in [3.63, 3.8) is 0 Å². The Labute approximate surface area is 115 Å². The van der Waals surface area contributed by atoms with Crippen LogP contribution in [0.25, 0.3) is 0 Å². The Bertz CT molecular complexity index is 559. The van der Waals surface area contributed by atoms with Gasteiger partial charge in [0, 0.05) is 0 Å². The van der Waals surface area contributed by atoms with E-state index in [0.717, 1.165) is 0 Å². The van der Waals surface area contributed by atoms with Crippen LogP contribution in [0.2, 0.25) is 0 Å². The summed E-state index contributed by atoms with van der Waals surface area (Å²) in [5.41, 5.74) is 4.62. The van der Waals surface area contributed by atoms with E-state index in [9.17, 15) is 9.59 Å². The second-order valence-electron chi connectivity index (χ2n) is 4.73. The number of imide groups is 1. The fourth-order valence-corrected chi connectivity index (χ4v) is 1.78. The van der Waals surface area contributed by atoms with Crippen LogP contribution in [0.4, 0.5) is 11.9 Å². The van der Waals surface area contributed by atoms with Crippen LogP contribution in [-0.4, -0.2) is 45.5 Å². The molecule has 0 atom stereocenters. The lowest BCUT2D eigenvalue weighted by Crippen LogP contribution is -2.64. The minimum absolute atomic E-state index is 0.0346. The summed E-state index contributed by atoms with van der Waals surface area (Å²) < 4.78 is 5.19. The summed E-state index contributed by atoms with van der Waals surface area (Å²) in [4.78, 5) is 36.8. The number of ether oxygens (including phenoxy) is 1. The smallest absolute Gasteiger partial charge is 0.323 e. The van der Waals surface area contributed by atoms with Crippen molar-refractivity contribution in [1.29, 1.82) is 0 Å². The average molecular weight is 280 g/mol. The van der Waals surface area contributed by atoms with Crippen LogP contribution in [-0.2, 0) is 9.59 Å². The molecule has 0 aromatic carbocycles. The molecule has 2 rings (SSSR count). The van der Waals surface area contributed by atoms with Gasteiger partial charge in [0.25, 0.3) is 5.91 Å².